The Morgan fingerprint density at radius 3 is 2.06 bits per heavy atom. The molecule has 0 saturated heterocycles. The number of allylic oxidation sites excluding steroid dienone is 1. The summed E-state index contributed by atoms with van der Waals surface area (Å²) < 4.78 is 107. The predicted octanol–water partition coefficient (Wildman–Crippen LogP) is 8.12. The van der Waals surface area contributed by atoms with E-state index in [0.29, 0.717) is 43.0 Å². The molecule has 1 aliphatic rings. The summed E-state index contributed by atoms with van der Waals surface area (Å²) in [5.41, 5.74) is -1.51. The Bertz CT molecular complexity index is 1000. The van der Waals surface area contributed by atoms with Crippen molar-refractivity contribution in [2.75, 3.05) is 0 Å². The Morgan fingerprint density at radius 1 is 0.848 bits per heavy atom. The molecule has 1 atom stereocenters. The van der Waals surface area contributed by atoms with Gasteiger partial charge in [-0.05, 0) is 49.4 Å². The van der Waals surface area contributed by atoms with Gasteiger partial charge in [0.25, 0.3) is 0 Å². The summed E-state index contributed by atoms with van der Waals surface area (Å²) in [6, 6.07) is 3.40. The van der Waals surface area contributed by atoms with Crippen LogP contribution in [0, 0.1) is 23.4 Å². The van der Waals surface area contributed by atoms with Gasteiger partial charge in [0, 0.05) is 17.7 Å². The third-order valence-corrected chi connectivity index (χ3v) is 5.50. The Hall–Kier alpha value is -2.71. The van der Waals surface area contributed by atoms with Crippen molar-refractivity contribution >= 4 is 0 Å². The molecule has 0 radical (unpaired) electrons. The van der Waals surface area contributed by atoms with E-state index in [-0.39, 0.29) is 12.0 Å². The van der Waals surface area contributed by atoms with E-state index in [4.69, 9.17) is 0 Å². The molecule has 180 valence electrons. The Labute approximate surface area is 187 Å². The van der Waals surface area contributed by atoms with Crippen LogP contribution in [0.2, 0.25) is 0 Å². The zero-order valence-corrected chi connectivity index (χ0v) is 17.8. The Balaban J connectivity index is 1.70. The molecule has 0 aromatic heterocycles. The first-order valence-corrected chi connectivity index (χ1v) is 10.6. The monoisotopic (exact) mass is 476 g/mol. The molecule has 2 nitrogen and oxygen atoms in total. The number of ether oxygens (including phenoxy) is 2. The quantitative estimate of drug-likeness (QED) is 0.269. The molecule has 0 bridgehead atoms. The maximum atomic E-state index is 14.5. The second kappa shape index (κ2) is 10.1. The van der Waals surface area contributed by atoms with E-state index in [9.17, 15) is 30.7 Å². The average molecular weight is 476 g/mol. The number of unbranched alkanes of at least 4 members (excludes halogenated alkanes) is 1. The maximum Gasteiger partial charge on any atom is 0.429 e. The average Bonchev–Trinajstić information content (AvgIpc) is 2.74. The van der Waals surface area contributed by atoms with E-state index in [1.807, 2.05) is 0 Å². The number of hydrogen-bond donors (Lipinski definition) is 0. The van der Waals surface area contributed by atoms with Crippen molar-refractivity contribution in [3.05, 3.63) is 71.1 Å². The molecule has 33 heavy (non-hydrogen) atoms. The molecule has 2 aromatic rings. The van der Waals surface area contributed by atoms with Crippen molar-refractivity contribution in [3.8, 4) is 11.5 Å². The van der Waals surface area contributed by atoms with E-state index in [1.165, 1.54) is 6.08 Å². The minimum atomic E-state index is -4.28. The highest BCUT2D eigenvalue weighted by Gasteiger charge is 2.41. The topological polar surface area (TPSA) is 18.5 Å². The van der Waals surface area contributed by atoms with Crippen LogP contribution in [0.4, 0.5) is 30.7 Å². The van der Waals surface area contributed by atoms with Crippen molar-refractivity contribution in [3.63, 3.8) is 0 Å². The van der Waals surface area contributed by atoms with Crippen molar-refractivity contribution in [2.45, 2.75) is 57.7 Å². The fraction of sp³-hybridized carbons (Fsp3) is 0.417. The molecule has 0 spiro atoms. The molecule has 2 aromatic carbocycles. The van der Waals surface area contributed by atoms with Crippen LogP contribution >= 0.6 is 0 Å². The van der Waals surface area contributed by atoms with E-state index in [2.05, 4.69) is 16.4 Å². The second-order valence-corrected chi connectivity index (χ2v) is 7.97. The zero-order chi connectivity index (χ0) is 24.2. The third-order valence-electron chi connectivity index (χ3n) is 5.50. The second-order valence-electron chi connectivity index (χ2n) is 7.97. The predicted molar refractivity (Wildman–Crippen MR) is 108 cm³/mol. The number of benzene rings is 2. The lowest BCUT2D eigenvalue weighted by atomic mass is 9.86. The summed E-state index contributed by atoms with van der Waals surface area (Å²) in [5, 5.41) is 0. The normalized spacial score (nSPS) is 17.0. The van der Waals surface area contributed by atoms with Crippen molar-refractivity contribution in [2.24, 2.45) is 5.92 Å². The minimum Gasteiger partial charge on any atom is -0.429 e. The lowest BCUT2D eigenvalue weighted by Crippen LogP contribution is -2.29. The highest BCUT2D eigenvalue weighted by molar-refractivity contribution is 5.33. The van der Waals surface area contributed by atoms with Crippen LogP contribution in [0.25, 0.3) is 0 Å². The van der Waals surface area contributed by atoms with Crippen LogP contribution in [-0.4, -0.2) is 6.11 Å². The van der Waals surface area contributed by atoms with Crippen LogP contribution in [0.15, 0.2) is 48.0 Å². The van der Waals surface area contributed by atoms with Gasteiger partial charge in [0.15, 0.2) is 11.6 Å². The molecule has 1 aliphatic carbocycles. The molecular formula is C24H23F7O2. The molecule has 0 N–H and O–H groups in total. The molecule has 0 heterocycles. The van der Waals surface area contributed by atoms with Crippen LogP contribution in [0.1, 0.15) is 51.0 Å². The molecule has 9 heteroatoms. The van der Waals surface area contributed by atoms with Crippen LogP contribution in [0.5, 0.6) is 11.5 Å². The minimum absolute atomic E-state index is 0.127. The summed E-state index contributed by atoms with van der Waals surface area (Å²) in [4.78, 5) is 0. The molecule has 0 amide bonds. The summed E-state index contributed by atoms with van der Waals surface area (Å²) in [5.74, 6) is -5.32. The van der Waals surface area contributed by atoms with Gasteiger partial charge < -0.3 is 9.47 Å². The SMILES string of the molecule is CCCCC1CC=C(C(F)(F)Oc2ccc(C(F)(F)Oc3ccc(F)c(F)c3)c(F)c2)CC1. The van der Waals surface area contributed by atoms with Gasteiger partial charge in [-0.3, -0.25) is 0 Å². The largest absolute Gasteiger partial charge is 0.429 e. The first-order chi connectivity index (χ1) is 15.5. The van der Waals surface area contributed by atoms with Crippen LogP contribution < -0.4 is 9.47 Å². The highest BCUT2D eigenvalue weighted by atomic mass is 19.3. The highest BCUT2D eigenvalue weighted by Crippen LogP contribution is 2.39. The Kier molecular flexibility index (Phi) is 7.59. The maximum absolute atomic E-state index is 14.5. The van der Waals surface area contributed by atoms with Crippen molar-refractivity contribution in [1.82, 2.24) is 0 Å². The van der Waals surface area contributed by atoms with Gasteiger partial charge in [-0.15, -0.1) is 0 Å². The van der Waals surface area contributed by atoms with Gasteiger partial charge in [0.2, 0.25) is 0 Å². The van der Waals surface area contributed by atoms with E-state index < -0.39 is 46.7 Å². The van der Waals surface area contributed by atoms with Crippen LogP contribution in [0.3, 0.4) is 0 Å². The molecule has 1 unspecified atom stereocenters. The van der Waals surface area contributed by atoms with Gasteiger partial charge in [-0.1, -0.05) is 32.3 Å². The van der Waals surface area contributed by atoms with Crippen molar-refractivity contribution < 1.29 is 40.2 Å². The molecule has 0 saturated carbocycles. The molecule has 0 aliphatic heterocycles. The van der Waals surface area contributed by atoms with Gasteiger partial charge >= 0.3 is 12.2 Å². The number of alkyl halides is 4. The van der Waals surface area contributed by atoms with E-state index >= 15 is 0 Å². The first kappa shape index (κ1) is 24.9. The third kappa shape index (κ3) is 6.21. The lowest BCUT2D eigenvalue weighted by molar-refractivity contribution is -0.187. The summed E-state index contributed by atoms with van der Waals surface area (Å²) in [6.07, 6.45) is -2.35. The smallest absolute Gasteiger partial charge is 0.429 e. The first-order valence-electron chi connectivity index (χ1n) is 10.6. The van der Waals surface area contributed by atoms with Gasteiger partial charge in [-0.25, -0.2) is 13.2 Å². The standard InChI is InChI=1S/C24H23F7O2/c1-2-3-4-15-5-7-16(8-6-15)23(28,29)32-17-9-11-19(21(26)13-17)24(30,31)33-18-10-12-20(25)22(27)14-18/h7,9-15H,2-6,8H2,1H3. The summed E-state index contributed by atoms with van der Waals surface area (Å²) in [7, 11) is 0. The fourth-order valence-electron chi connectivity index (χ4n) is 3.66. The summed E-state index contributed by atoms with van der Waals surface area (Å²) >= 11 is 0. The van der Waals surface area contributed by atoms with Gasteiger partial charge in [0.1, 0.15) is 22.9 Å². The molecule has 3 rings (SSSR count). The Morgan fingerprint density at radius 2 is 1.48 bits per heavy atom. The number of rotatable bonds is 9. The zero-order valence-electron chi connectivity index (χ0n) is 17.8. The van der Waals surface area contributed by atoms with Crippen molar-refractivity contribution in [1.29, 1.82) is 0 Å². The van der Waals surface area contributed by atoms with Crippen LogP contribution in [-0.2, 0) is 6.11 Å². The lowest BCUT2D eigenvalue weighted by Gasteiger charge is -2.27. The van der Waals surface area contributed by atoms with E-state index in [0.717, 1.165) is 31.4 Å². The van der Waals surface area contributed by atoms with Gasteiger partial charge in [-0.2, -0.15) is 17.6 Å². The number of halogens is 7. The van der Waals surface area contributed by atoms with E-state index in [1.54, 1.807) is 0 Å². The number of hydrogen-bond acceptors (Lipinski definition) is 2. The molecular weight excluding hydrogens is 453 g/mol. The summed E-state index contributed by atoms with van der Waals surface area (Å²) in [6.45, 7) is 2.06. The fourth-order valence-corrected chi connectivity index (χ4v) is 3.66. The molecule has 0 fully saturated rings. The van der Waals surface area contributed by atoms with Gasteiger partial charge in [0.05, 0.1) is 0 Å².